The van der Waals surface area contributed by atoms with Crippen molar-refractivity contribution in [2.75, 3.05) is 7.11 Å². The highest BCUT2D eigenvalue weighted by Crippen LogP contribution is 2.35. The fraction of sp³-hybridized carbons (Fsp3) is 0.143. The van der Waals surface area contributed by atoms with E-state index in [1.807, 2.05) is 48.5 Å². The van der Waals surface area contributed by atoms with E-state index in [9.17, 15) is 0 Å². The minimum Gasteiger partial charge on any atom is -0.496 e. The van der Waals surface area contributed by atoms with Gasteiger partial charge in [0.15, 0.2) is 0 Å². The molecule has 0 saturated heterocycles. The summed E-state index contributed by atoms with van der Waals surface area (Å²) in [6.07, 6.45) is 0. The highest BCUT2D eigenvalue weighted by atomic mass is 79.9. The molecule has 0 aliphatic rings. The number of ether oxygens (including phenoxy) is 1. The Labute approximate surface area is 115 Å². The largest absolute Gasteiger partial charge is 0.496 e. The fourth-order valence-electron chi connectivity index (χ4n) is 1.69. The van der Waals surface area contributed by atoms with Crippen molar-refractivity contribution < 1.29 is 4.74 Å². The molecule has 0 heterocycles. The lowest BCUT2D eigenvalue weighted by atomic mass is 10.0. The van der Waals surface area contributed by atoms with Gasteiger partial charge in [-0.1, -0.05) is 46.3 Å². The molecule has 0 radical (unpaired) electrons. The first-order valence-corrected chi connectivity index (χ1v) is 6.48. The standard InChI is InChI=1S/C14H12BrClO/c1-17-13-5-3-2-4-12(13)14(16)10-6-8-11(15)9-7-10/h2-9,14H,1H3. The highest BCUT2D eigenvalue weighted by molar-refractivity contribution is 9.10. The van der Waals surface area contributed by atoms with Gasteiger partial charge in [-0.05, 0) is 23.8 Å². The van der Waals surface area contributed by atoms with Crippen LogP contribution in [0.5, 0.6) is 5.75 Å². The zero-order chi connectivity index (χ0) is 12.3. The van der Waals surface area contributed by atoms with Gasteiger partial charge in [0.1, 0.15) is 5.75 Å². The number of halogens is 2. The van der Waals surface area contributed by atoms with E-state index >= 15 is 0 Å². The third-order valence-electron chi connectivity index (χ3n) is 2.57. The zero-order valence-electron chi connectivity index (χ0n) is 9.36. The van der Waals surface area contributed by atoms with Crippen molar-refractivity contribution in [1.29, 1.82) is 0 Å². The average Bonchev–Trinajstić information content (AvgIpc) is 2.39. The van der Waals surface area contributed by atoms with Crippen molar-refractivity contribution in [2.45, 2.75) is 5.38 Å². The third kappa shape index (κ3) is 2.82. The van der Waals surface area contributed by atoms with Crippen molar-refractivity contribution in [3.8, 4) is 5.75 Å². The molecule has 0 spiro atoms. The van der Waals surface area contributed by atoms with Crippen LogP contribution in [0.25, 0.3) is 0 Å². The Bertz CT molecular complexity index is 496. The first-order chi connectivity index (χ1) is 8.22. The van der Waals surface area contributed by atoms with Crippen LogP contribution in [0.15, 0.2) is 53.0 Å². The second kappa shape index (κ2) is 5.56. The molecule has 1 unspecified atom stereocenters. The van der Waals surface area contributed by atoms with Crippen LogP contribution in [0.1, 0.15) is 16.5 Å². The van der Waals surface area contributed by atoms with Crippen LogP contribution < -0.4 is 4.74 Å². The van der Waals surface area contributed by atoms with Crippen LogP contribution in [0.3, 0.4) is 0 Å². The number of alkyl halides is 1. The molecular weight excluding hydrogens is 300 g/mol. The molecule has 0 aliphatic carbocycles. The van der Waals surface area contributed by atoms with Crippen molar-refractivity contribution in [2.24, 2.45) is 0 Å². The van der Waals surface area contributed by atoms with Crippen molar-refractivity contribution in [3.63, 3.8) is 0 Å². The smallest absolute Gasteiger partial charge is 0.123 e. The lowest BCUT2D eigenvalue weighted by molar-refractivity contribution is 0.410. The zero-order valence-corrected chi connectivity index (χ0v) is 11.7. The predicted octanol–water partition coefficient (Wildman–Crippen LogP) is 4.79. The quantitative estimate of drug-likeness (QED) is 0.741. The molecule has 3 heteroatoms. The number of hydrogen-bond donors (Lipinski definition) is 0. The Hall–Kier alpha value is -0.990. The molecule has 88 valence electrons. The molecule has 0 fully saturated rings. The minimum atomic E-state index is -0.195. The van der Waals surface area contributed by atoms with Crippen molar-refractivity contribution in [1.82, 2.24) is 0 Å². The van der Waals surface area contributed by atoms with Gasteiger partial charge in [0.25, 0.3) is 0 Å². The number of benzene rings is 2. The predicted molar refractivity (Wildman–Crippen MR) is 74.8 cm³/mol. The van der Waals surface area contributed by atoms with Gasteiger partial charge in [-0.25, -0.2) is 0 Å². The van der Waals surface area contributed by atoms with Crippen LogP contribution in [0.4, 0.5) is 0 Å². The Kier molecular flexibility index (Phi) is 4.08. The van der Waals surface area contributed by atoms with Gasteiger partial charge in [0.05, 0.1) is 12.5 Å². The molecule has 0 N–H and O–H groups in total. The Balaban J connectivity index is 2.36. The van der Waals surface area contributed by atoms with E-state index in [2.05, 4.69) is 15.9 Å². The highest BCUT2D eigenvalue weighted by Gasteiger charge is 2.14. The van der Waals surface area contributed by atoms with Gasteiger partial charge < -0.3 is 4.74 Å². The summed E-state index contributed by atoms with van der Waals surface area (Å²) in [4.78, 5) is 0. The number of methoxy groups -OCH3 is 1. The lowest BCUT2D eigenvalue weighted by Crippen LogP contribution is -1.96. The Morgan fingerprint density at radius 1 is 1.06 bits per heavy atom. The maximum absolute atomic E-state index is 6.47. The molecule has 0 saturated carbocycles. The molecule has 0 aromatic heterocycles. The van der Waals surface area contributed by atoms with E-state index in [0.717, 1.165) is 21.3 Å². The van der Waals surface area contributed by atoms with Gasteiger partial charge in [0.2, 0.25) is 0 Å². The van der Waals surface area contributed by atoms with E-state index in [0.29, 0.717) is 0 Å². The van der Waals surface area contributed by atoms with Gasteiger partial charge in [-0.15, -0.1) is 11.6 Å². The van der Waals surface area contributed by atoms with Gasteiger partial charge in [0, 0.05) is 10.0 Å². The third-order valence-corrected chi connectivity index (χ3v) is 3.59. The van der Waals surface area contributed by atoms with Crippen molar-refractivity contribution in [3.05, 3.63) is 64.1 Å². The normalized spacial score (nSPS) is 12.2. The fourth-order valence-corrected chi connectivity index (χ4v) is 2.28. The maximum atomic E-state index is 6.47. The summed E-state index contributed by atoms with van der Waals surface area (Å²) in [5, 5.41) is -0.195. The lowest BCUT2D eigenvalue weighted by Gasteiger charge is -2.14. The molecule has 1 atom stereocenters. The molecule has 17 heavy (non-hydrogen) atoms. The first-order valence-electron chi connectivity index (χ1n) is 5.25. The summed E-state index contributed by atoms with van der Waals surface area (Å²) in [6.45, 7) is 0. The molecule has 2 rings (SSSR count). The van der Waals surface area contributed by atoms with Crippen LogP contribution in [-0.4, -0.2) is 7.11 Å². The molecule has 1 nitrogen and oxygen atoms in total. The summed E-state index contributed by atoms with van der Waals surface area (Å²) in [6, 6.07) is 15.8. The van der Waals surface area contributed by atoms with E-state index < -0.39 is 0 Å². The monoisotopic (exact) mass is 310 g/mol. The van der Waals surface area contributed by atoms with Gasteiger partial charge >= 0.3 is 0 Å². The topological polar surface area (TPSA) is 9.23 Å². The van der Waals surface area contributed by atoms with Gasteiger partial charge in [-0.3, -0.25) is 0 Å². The van der Waals surface area contributed by atoms with E-state index in [1.165, 1.54) is 0 Å². The van der Waals surface area contributed by atoms with E-state index in [4.69, 9.17) is 16.3 Å². The van der Waals surface area contributed by atoms with E-state index in [1.54, 1.807) is 7.11 Å². The van der Waals surface area contributed by atoms with Crippen LogP contribution >= 0.6 is 27.5 Å². The van der Waals surface area contributed by atoms with Crippen molar-refractivity contribution >= 4 is 27.5 Å². The van der Waals surface area contributed by atoms with Gasteiger partial charge in [-0.2, -0.15) is 0 Å². The van der Waals surface area contributed by atoms with Crippen LogP contribution in [0, 0.1) is 0 Å². The van der Waals surface area contributed by atoms with Crippen LogP contribution in [0.2, 0.25) is 0 Å². The number of para-hydroxylation sites is 1. The summed E-state index contributed by atoms with van der Waals surface area (Å²) >= 11 is 9.88. The molecule has 2 aromatic carbocycles. The SMILES string of the molecule is COc1ccccc1C(Cl)c1ccc(Br)cc1. The van der Waals surface area contributed by atoms with Crippen LogP contribution in [-0.2, 0) is 0 Å². The molecular formula is C14H12BrClO. The maximum Gasteiger partial charge on any atom is 0.123 e. The molecule has 0 amide bonds. The summed E-state index contributed by atoms with van der Waals surface area (Å²) in [7, 11) is 1.66. The number of rotatable bonds is 3. The molecule has 2 aromatic rings. The second-order valence-electron chi connectivity index (χ2n) is 3.66. The Morgan fingerprint density at radius 3 is 2.35 bits per heavy atom. The van der Waals surface area contributed by atoms with E-state index in [-0.39, 0.29) is 5.38 Å². The second-order valence-corrected chi connectivity index (χ2v) is 5.01. The summed E-state index contributed by atoms with van der Waals surface area (Å²) in [5.41, 5.74) is 2.04. The first kappa shape index (κ1) is 12.5. The molecule has 0 bridgehead atoms. The number of hydrogen-bond acceptors (Lipinski definition) is 1. The summed E-state index contributed by atoms with van der Waals surface area (Å²) in [5.74, 6) is 0.815. The molecule has 0 aliphatic heterocycles. The average molecular weight is 312 g/mol. The summed E-state index contributed by atoms with van der Waals surface area (Å²) < 4.78 is 6.36. The Morgan fingerprint density at radius 2 is 1.71 bits per heavy atom. The minimum absolute atomic E-state index is 0.195.